The number of carbonyl (C=O) groups excluding carboxylic acids is 1. The largest absolute Gasteiger partial charge is 0.419 e. The molecule has 0 radical (unpaired) electrons. The standard InChI is InChI=1S/C15H14F4O/c1-14(2)7-10(5-11(20)8-14)9-3-4-12(13(16)6-9)15(17,18)19/h3-6H,7-8H2,1-2H3. The molecule has 5 heteroatoms. The molecule has 1 aromatic rings. The number of allylic oxidation sites excluding steroid dienone is 2. The number of rotatable bonds is 1. The fraction of sp³-hybridized carbons (Fsp3) is 0.400. The van der Waals surface area contributed by atoms with Crippen LogP contribution in [0.2, 0.25) is 0 Å². The highest BCUT2D eigenvalue weighted by molar-refractivity contribution is 5.99. The van der Waals surface area contributed by atoms with Crippen LogP contribution in [0.25, 0.3) is 5.57 Å². The molecule has 0 aromatic heterocycles. The first kappa shape index (κ1) is 14.8. The van der Waals surface area contributed by atoms with Crippen molar-refractivity contribution in [3.05, 3.63) is 41.2 Å². The summed E-state index contributed by atoms with van der Waals surface area (Å²) >= 11 is 0. The van der Waals surface area contributed by atoms with E-state index in [1.165, 1.54) is 12.1 Å². The molecule has 108 valence electrons. The van der Waals surface area contributed by atoms with Crippen molar-refractivity contribution in [2.45, 2.75) is 32.9 Å². The average Bonchev–Trinajstić information content (AvgIpc) is 2.24. The Labute approximate surface area is 114 Å². The first-order valence-electron chi connectivity index (χ1n) is 6.19. The van der Waals surface area contributed by atoms with Gasteiger partial charge in [-0.25, -0.2) is 4.39 Å². The second kappa shape index (κ2) is 4.72. The Morgan fingerprint density at radius 3 is 2.30 bits per heavy atom. The van der Waals surface area contributed by atoms with Gasteiger partial charge in [-0.3, -0.25) is 4.79 Å². The molecule has 0 bridgehead atoms. The maximum absolute atomic E-state index is 13.6. The van der Waals surface area contributed by atoms with Crippen molar-refractivity contribution in [2.75, 3.05) is 0 Å². The molecule has 0 heterocycles. The van der Waals surface area contributed by atoms with Crippen molar-refractivity contribution in [3.63, 3.8) is 0 Å². The van der Waals surface area contributed by atoms with E-state index in [0.717, 1.165) is 12.1 Å². The van der Waals surface area contributed by atoms with Crippen LogP contribution in [0.5, 0.6) is 0 Å². The van der Waals surface area contributed by atoms with Crippen molar-refractivity contribution >= 4 is 11.4 Å². The van der Waals surface area contributed by atoms with E-state index in [0.29, 0.717) is 24.0 Å². The summed E-state index contributed by atoms with van der Waals surface area (Å²) in [7, 11) is 0. The molecule has 0 fully saturated rings. The summed E-state index contributed by atoms with van der Waals surface area (Å²) in [4.78, 5) is 11.6. The van der Waals surface area contributed by atoms with Gasteiger partial charge in [-0.15, -0.1) is 0 Å². The van der Waals surface area contributed by atoms with Crippen LogP contribution in [0, 0.1) is 11.2 Å². The van der Waals surface area contributed by atoms with Gasteiger partial charge in [-0.2, -0.15) is 13.2 Å². The van der Waals surface area contributed by atoms with Gasteiger partial charge < -0.3 is 0 Å². The van der Waals surface area contributed by atoms with Crippen LogP contribution < -0.4 is 0 Å². The van der Waals surface area contributed by atoms with Crippen LogP contribution in [0.15, 0.2) is 24.3 Å². The van der Waals surface area contributed by atoms with Gasteiger partial charge in [0.1, 0.15) is 5.82 Å². The van der Waals surface area contributed by atoms with Gasteiger partial charge in [-0.1, -0.05) is 19.9 Å². The molecule has 20 heavy (non-hydrogen) atoms. The summed E-state index contributed by atoms with van der Waals surface area (Å²) in [6.45, 7) is 3.80. The topological polar surface area (TPSA) is 17.1 Å². The molecular weight excluding hydrogens is 272 g/mol. The van der Waals surface area contributed by atoms with E-state index in [-0.39, 0.29) is 11.2 Å². The second-order valence-corrected chi connectivity index (χ2v) is 5.85. The highest BCUT2D eigenvalue weighted by atomic mass is 19.4. The zero-order valence-electron chi connectivity index (χ0n) is 11.1. The number of alkyl halides is 3. The van der Waals surface area contributed by atoms with Crippen molar-refractivity contribution in [3.8, 4) is 0 Å². The quantitative estimate of drug-likeness (QED) is 0.689. The number of halogens is 4. The first-order valence-corrected chi connectivity index (χ1v) is 6.19. The van der Waals surface area contributed by atoms with Gasteiger partial charge in [0.15, 0.2) is 5.78 Å². The summed E-state index contributed by atoms with van der Waals surface area (Å²) in [5, 5.41) is 0. The SMILES string of the molecule is CC1(C)CC(=O)C=C(c2ccc(C(F)(F)F)c(F)c2)C1. The molecule has 0 saturated heterocycles. The van der Waals surface area contributed by atoms with Crippen LogP contribution in [0.4, 0.5) is 17.6 Å². The molecule has 0 amide bonds. The predicted octanol–water partition coefficient (Wildman–Crippen LogP) is 4.62. The molecule has 1 aliphatic rings. The Morgan fingerprint density at radius 1 is 1.15 bits per heavy atom. The number of carbonyl (C=O) groups is 1. The molecule has 0 N–H and O–H groups in total. The number of hydrogen-bond acceptors (Lipinski definition) is 1. The van der Waals surface area contributed by atoms with Gasteiger partial charge in [0.05, 0.1) is 5.56 Å². The van der Waals surface area contributed by atoms with Crippen molar-refractivity contribution < 1.29 is 22.4 Å². The minimum absolute atomic E-state index is 0.0865. The monoisotopic (exact) mass is 286 g/mol. The smallest absolute Gasteiger partial charge is 0.295 e. The first-order chi connectivity index (χ1) is 9.08. The maximum atomic E-state index is 13.6. The van der Waals surface area contributed by atoms with E-state index in [9.17, 15) is 22.4 Å². The number of hydrogen-bond donors (Lipinski definition) is 0. The lowest BCUT2D eigenvalue weighted by molar-refractivity contribution is -0.140. The van der Waals surface area contributed by atoms with E-state index in [2.05, 4.69) is 0 Å². The molecular formula is C15H14F4O. The van der Waals surface area contributed by atoms with Crippen LogP contribution in [-0.2, 0) is 11.0 Å². The predicted molar refractivity (Wildman–Crippen MR) is 67.4 cm³/mol. The third-order valence-electron chi connectivity index (χ3n) is 3.30. The normalized spacial score (nSPS) is 18.9. The van der Waals surface area contributed by atoms with E-state index in [4.69, 9.17) is 0 Å². The van der Waals surface area contributed by atoms with Gasteiger partial charge in [-0.05, 0) is 41.2 Å². The Morgan fingerprint density at radius 2 is 1.80 bits per heavy atom. The Balaban J connectivity index is 2.40. The summed E-state index contributed by atoms with van der Waals surface area (Å²) in [5.74, 6) is -1.40. The average molecular weight is 286 g/mol. The zero-order valence-corrected chi connectivity index (χ0v) is 11.1. The molecule has 0 unspecified atom stereocenters. The van der Waals surface area contributed by atoms with E-state index in [1.54, 1.807) is 0 Å². The Kier molecular flexibility index (Phi) is 3.48. The lowest BCUT2D eigenvalue weighted by atomic mass is 9.75. The van der Waals surface area contributed by atoms with Crippen LogP contribution in [0.1, 0.15) is 37.8 Å². The van der Waals surface area contributed by atoms with Crippen LogP contribution in [-0.4, -0.2) is 5.78 Å². The lowest BCUT2D eigenvalue weighted by Crippen LogP contribution is -2.21. The van der Waals surface area contributed by atoms with Crippen molar-refractivity contribution in [2.24, 2.45) is 5.41 Å². The Bertz CT molecular complexity index is 582. The fourth-order valence-electron chi connectivity index (χ4n) is 2.48. The molecule has 2 rings (SSSR count). The lowest BCUT2D eigenvalue weighted by Gasteiger charge is -2.29. The van der Waals surface area contributed by atoms with E-state index < -0.39 is 17.6 Å². The third kappa shape index (κ3) is 3.08. The second-order valence-electron chi connectivity index (χ2n) is 5.85. The molecule has 1 aromatic carbocycles. The molecule has 1 aliphatic carbocycles. The summed E-state index contributed by atoms with van der Waals surface area (Å²) in [6, 6.07) is 2.79. The minimum atomic E-state index is -4.71. The molecule has 0 saturated carbocycles. The van der Waals surface area contributed by atoms with Crippen LogP contribution >= 0.6 is 0 Å². The maximum Gasteiger partial charge on any atom is 0.419 e. The summed E-state index contributed by atoms with van der Waals surface area (Å²) in [5.41, 5.74) is -0.640. The Hall–Kier alpha value is -1.65. The van der Waals surface area contributed by atoms with E-state index in [1.807, 2.05) is 13.8 Å². The molecule has 0 aliphatic heterocycles. The van der Waals surface area contributed by atoms with Crippen molar-refractivity contribution in [1.82, 2.24) is 0 Å². The zero-order chi connectivity index (χ0) is 15.1. The van der Waals surface area contributed by atoms with Crippen LogP contribution in [0.3, 0.4) is 0 Å². The number of benzene rings is 1. The minimum Gasteiger partial charge on any atom is -0.295 e. The summed E-state index contributed by atoms with van der Waals surface area (Å²) < 4.78 is 51.1. The molecule has 0 spiro atoms. The van der Waals surface area contributed by atoms with Gasteiger partial charge in [0, 0.05) is 6.42 Å². The highest BCUT2D eigenvalue weighted by Gasteiger charge is 2.34. The molecule has 0 atom stereocenters. The van der Waals surface area contributed by atoms with Gasteiger partial charge in [0.2, 0.25) is 0 Å². The summed E-state index contributed by atoms with van der Waals surface area (Å²) in [6.07, 6.45) is -2.39. The molecule has 1 nitrogen and oxygen atoms in total. The van der Waals surface area contributed by atoms with Gasteiger partial charge in [0.25, 0.3) is 0 Å². The van der Waals surface area contributed by atoms with E-state index >= 15 is 0 Å². The van der Waals surface area contributed by atoms with Crippen molar-refractivity contribution in [1.29, 1.82) is 0 Å². The number of ketones is 1. The highest BCUT2D eigenvalue weighted by Crippen LogP contribution is 2.39. The third-order valence-corrected chi connectivity index (χ3v) is 3.30. The van der Waals surface area contributed by atoms with Gasteiger partial charge >= 0.3 is 6.18 Å². The fourth-order valence-corrected chi connectivity index (χ4v) is 2.48.